The van der Waals surface area contributed by atoms with E-state index >= 15 is 0 Å². The normalized spacial score (nSPS) is 18.9. The topological polar surface area (TPSA) is 61.8 Å². The summed E-state index contributed by atoms with van der Waals surface area (Å²) in [4.78, 5) is 2.51. The van der Waals surface area contributed by atoms with Crippen molar-refractivity contribution in [3.05, 3.63) is 35.4 Å². The third kappa shape index (κ3) is 4.21. The molecular weight excluding hydrogens is 262 g/mol. The number of hydrogen-bond acceptors (Lipinski definition) is 3. The van der Waals surface area contributed by atoms with E-state index in [0.717, 1.165) is 18.0 Å². The summed E-state index contributed by atoms with van der Waals surface area (Å²) >= 11 is 0. The molecule has 0 atom stereocenters. The van der Waals surface area contributed by atoms with Gasteiger partial charge in [-0.15, -0.1) is 0 Å². The second-order valence-corrected chi connectivity index (χ2v) is 7.10. The molecule has 1 aromatic rings. The van der Waals surface area contributed by atoms with Gasteiger partial charge in [0.05, 0.1) is 0 Å². The highest BCUT2D eigenvalue weighted by Gasteiger charge is 2.28. The second-order valence-electron chi connectivity index (χ2n) is 7.10. The Morgan fingerprint density at radius 1 is 1.24 bits per heavy atom. The first kappa shape index (κ1) is 15.8. The Bertz CT molecular complexity index is 480. The zero-order valence-electron chi connectivity index (χ0n) is 13.3. The molecule has 21 heavy (non-hydrogen) atoms. The second kappa shape index (κ2) is 6.48. The molecule has 0 aromatic heterocycles. The Hall–Kier alpha value is -1.55. The van der Waals surface area contributed by atoms with Gasteiger partial charge in [0.1, 0.15) is 0 Å². The predicted octanol–water partition coefficient (Wildman–Crippen LogP) is 3.04. The average molecular weight is 289 g/mol. The van der Waals surface area contributed by atoms with Crippen LogP contribution in [0, 0.1) is 11.3 Å². The van der Waals surface area contributed by atoms with Crippen LogP contribution >= 0.6 is 0 Å². The maximum Gasteiger partial charge on any atom is 0.170 e. The van der Waals surface area contributed by atoms with Crippen molar-refractivity contribution in [2.24, 2.45) is 22.2 Å². The maximum absolute atomic E-state index is 8.66. The Balaban J connectivity index is 1.89. The molecule has 0 amide bonds. The largest absolute Gasteiger partial charge is 0.409 e. The zero-order valence-corrected chi connectivity index (χ0v) is 13.3. The van der Waals surface area contributed by atoms with E-state index in [2.05, 4.69) is 43.0 Å². The van der Waals surface area contributed by atoms with Crippen LogP contribution in [-0.2, 0) is 6.54 Å². The Morgan fingerprint density at radius 2 is 1.81 bits per heavy atom. The van der Waals surface area contributed by atoms with Gasteiger partial charge in [0.15, 0.2) is 5.84 Å². The van der Waals surface area contributed by atoms with Crippen LogP contribution < -0.4 is 5.73 Å². The minimum atomic E-state index is 0.160. The lowest BCUT2D eigenvalue weighted by Gasteiger charge is -2.38. The van der Waals surface area contributed by atoms with E-state index in [-0.39, 0.29) is 5.84 Å². The first-order chi connectivity index (χ1) is 9.90. The molecule has 0 radical (unpaired) electrons. The fourth-order valence-corrected chi connectivity index (χ4v) is 3.05. The van der Waals surface area contributed by atoms with Crippen molar-refractivity contribution in [3.63, 3.8) is 0 Å². The summed E-state index contributed by atoms with van der Waals surface area (Å²) in [6.07, 6.45) is 2.57. The van der Waals surface area contributed by atoms with Gasteiger partial charge in [0, 0.05) is 12.1 Å². The van der Waals surface area contributed by atoms with E-state index < -0.39 is 0 Å². The van der Waals surface area contributed by atoms with Crippen LogP contribution in [0.4, 0.5) is 0 Å². The number of benzene rings is 1. The maximum atomic E-state index is 8.66. The number of piperidine rings is 1. The van der Waals surface area contributed by atoms with Crippen molar-refractivity contribution < 1.29 is 5.21 Å². The van der Waals surface area contributed by atoms with Crippen molar-refractivity contribution in [1.29, 1.82) is 0 Å². The van der Waals surface area contributed by atoms with Crippen LogP contribution in [0.1, 0.15) is 44.7 Å². The Morgan fingerprint density at radius 3 is 2.29 bits per heavy atom. The van der Waals surface area contributed by atoms with Crippen LogP contribution in [-0.4, -0.2) is 29.0 Å². The van der Waals surface area contributed by atoms with E-state index in [4.69, 9.17) is 10.9 Å². The average Bonchev–Trinajstić information content (AvgIpc) is 2.47. The van der Waals surface area contributed by atoms with Gasteiger partial charge < -0.3 is 10.9 Å². The van der Waals surface area contributed by atoms with Gasteiger partial charge in [0.2, 0.25) is 0 Å². The third-order valence-corrected chi connectivity index (χ3v) is 4.58. The van der Waals surface area contributed by atoms with Gasteiger partial charge >= 0.3 is 0 Å². The molecule has 0 unspecified atom stereocenters. The molecule has 1 saturated heterocycles. The minimum Gasteiger partial charge on any atom is -0.409 e. The summed E-state index contributed by atoms with van der Waals surface area (Å²) in [7, 11) is 0. The number of likely N-dealkylation sites (tertiary alicyclic amines) is 1. The molecule has 1 aliphatic heterocycles. The molecule has 4 heteroatoms. The lowest BCUT2D eigenvalue weighted by atomic mass is 9.75. The number of oxime groups is 1. The van der Waals surface area contributed by atoms with E-state index in [1.807, 2.05) is 12.1 Å². The fourth-order valence-electron chi connectivity index (χ4n) is 3.05. The number of amidine groups is 1. The number of rotatable bonds is 3. The summed E-state index contributed by atoms with van der Waals surface area (Å²) in [5, 5.41) is 11.7. The molecule has 0 bridgehead atoms. The molecule has 1 aromatic carbocycles. The molecule has 1 aliphatic rings. The molecule has 0 aliphatic carbocycles. The molecule has 1 fully saturated rings. The number of nitrogens with two attached hydrogens (primary N) is 1. The quantitative estimate of drug-likeness (QED) is 0.389. The van der Waals surface area contributed by atoms with Crippen LogP contribution in [0.3, 0.4) is 0 Å². The van der Waals surface area contributed by atoms with Crippen LogP contribution in [0.5, 0.6) is 0 Å². The molecule has 116 valence electrons. The van der Waals surface area contributed by atoms with Gasteiger partial charge in [-0.2, -0.15) is 0 Å². The molecule has 4 nitrogen and oxygen atoms in total. The third-order valence-electron chi connectivity index (χ3n) is 4.58. The lowest BCUT2D eigenvalue weighted by molar-refractivity contribution is 0.108. The van der Waals surface area contributed by atoms with Gasteiger partial charge in [-0.3, -0.25) is 4.90 Å². The lowest BCUT2D eigenvalue weighted by Crippen LogP contribution is -2.37. The van der Waals surface area contributed by atoms with Crippen LogP contribution in [0.2, 0.25) is 0 Å². The smallest absolute Gasteiger partial charge is 0.170 e. The molecule has 0 saturated carbocycles. The monoisotopic (exact) mass is 289 g/mol. The summed E-state index contributed by atoms with van der Waals surface area (Å²) < 4.78 is 0. The van der Waals surface area contributed by atoms with Crippen molar-refractivity contribution in [2.45, 2.75) is 40.2 Å². The minimum absolute atomic E-state index is 0.160. The number of nitrogens with zero attached hydrogens (tertiary/aromatic N) is 2. The van der Waals surface area contributed by atoms with Gasteiger partial charge in [-0.1, -0.05) is 50.2 Å². The summed E-state index contributed by atoms with van der Waals surface area (Å²) in [6, 6.07) is 7.94. The summed E-state index contributed by atoms with van der Waals surface area (Å²) in [5.74, 6) is 0.990. The summed E-state index contributed by atoms with van der Waals surface area (Å²) in [5.41, 5.74) is 8.03. The van der Waals surface area contributed by atoms with Crippen molar-refractivity contribution in [1.82, 2.24) is 4.90 Å². The van der Waals surface area contributed by atoms with Crippen molar-refractivity contribution in [3.8, 4) is 0 Å². The molecule has 0 spiro atoms. The van der Waals surface area contributed by atoms with E-state index in [9.17, 15) is 0 Å². The molecular formula is C17H27N3O. The summed E-state index contributed by atoms with van der Waals surface area (Å²) in [6.45, 7) is 10.4. The first-order valence-electron chi connectivity index (χ1n) is 7.69. The highest BCUT2D eigenvalue weighted by atomic mass is 16.4. The predicted molar refractivity (Wildman–Crippen MR) is 86.4 cm³/mol. The molecule has 2 rings (SSSR count). The van der Waals surface area contributed by atoms with E-state index in [1.165, 1.54) is 31.5 Å². The highest BCUT2D eigenvalue weighted by molar-refractivity contribution is 5.96. The van der Waals surface area contributed by atoms with E-state index in [1.54, 1.807) is 0 Å². The molecule has 3 N–H and O–H groups in total. The fraction of sp³-hybridized carbons (Fsp3) is 0.588. The zero-order chi connectivity index (χ0) is 15.5. The van der Waals surface area contributed by atoms with Crippen molar-refractivity contribution >= 4 is 5.84 Å². The van der Waals surface area contributed by atoms with Gasteiger partial charge in [-0.05, 0) is 42.8 Å². The SMILES string of the molecule is CC(C)(C)C1CCN(Cc2ccc(C(N)=NO)cc2)CC1. The highest BCUT2D eigenvalue weighted by Crippen LogP contribution is 2.34. The van der Waals surface area contributed by atoms with Crippen molar-refractivity contribution in [2.75, 3.05) is 13.1 Å². The van der Waals surface area contributed by atoms with Crippen LogP contribution in [0.15, 0.2) is 29.4 Å². The standard InChI is InChI=1S/C17H27N3O/c1-17(2,3)15-8-10-20(11-9-15)12-13-4-6-14(7-5-13)16(18)19-21/h4-7,15,21H,8-12H2,1-3H3,(H2,18,19). The first-order valence-corrected chi connectivity index (χ1v) is 7.69. The molecule has 1 heterocycles. The Labute approximate surface area is 127 Å². The Kier molecular flexibility index (Phi) is 4.88. The van der Waals surface area contributed by atoms with Crippen LogP contribution in [0.25, 0.3) is 0 Å². The number of hydrogen-bond donors (Lipinski definition) is 2. The van der Waals surface area contributed by atoms with Gasteiger partial charge in [0.25, 0.3) is 0 Å². The van der Waals surface area contributed by atoms with Gasteiger partial charge in [-0.25, -0.2) is 0 Å². The van der Waals surface area contributed by atoms with E-state index in [0.29, 0.717) is 5.41 Å².